The van der Waals surface area contributed by atoms with E-state index < -0.39 is 6.17 Å². The van der Waals surface area contributed by atoms with Gasteiger partial charge < -0.3 is 15.2 Å². The van der Waals surface area contributed by atoms with Gasteiger partial charge in [-0.15, -0.1) is 5.10 Å². The molecule has 3 aromatic rings. The van der Waals surface area contributed by atoms with Crippen LogP contribution >= 0.6 is 11.3 Å². The number of piperidine rings is 1. The summed E-state index contributed by atoms with van der Waals surface area (Å²) in [7, 11) is 0. The lowest BCUT2D eigenvalue weighted by molar-refractivity contribution is 0.103. The molecule has 29 heavy (non-hydrogen) atoms. The van der Waals surface area contributed by atoms with Crippen LogP contribution in [0.15, 0.2) is 30.5 Å². The van der Waals surface area contributed by atoms with Gasteiger partial charge in [0.2, 0.25) is 0 Å². The third-order valence-corrected chi connectivity index (χ3v) is 6.53. The van der Waals surface area contributed by atoms with Crippen LogP contribution in [0.25, 0.3) is 16.3 Å². The SMILES string of the molecule is Cc1ccn(-c2ccc(-c3nnc(OC4CC5NC(C)(C4)CC5F)s3)c(O)c2)n1. The number of benzene rings is 1. The molecule has 2 bridgehead atoms. The predicted octanol–water partition coefficient (Wildman–Crippen LogP) is 3.40. The van der Waals surface area contributed by atoms with Crippen molar-refractivity contribution < 1.29 is 14.2 Å². The van der Waals surface area contributed by atoms with Crippen molar-refractivity contribution in [2.45, 2.75) is 57.0 Å². The molecular weight excluding hydrogens is 393 g/mol. The number of aryl methyl sites for hydroxylation is 1. The Morgan fingerprint density at radius 3 is 2.90 bits per heavy atom. The van der Waals surface area contributed by atoms with Crippen LogP contribution in [0.3, 0.4) is 0 Å². The molecule has 2 aliphatic heterocycles. The second-order valence-electron chi connectivity index (χ2n) is 8.19. The minimum absolute atomic E-state index is 0.0909. The maximum Gasteiger partial charge on any atom is 0.294 e. The van der Waals surface area contributed by atoms with Crippen molar-refractivity contribution in [3.8, 4) is 27.2 Å². The Hall–Kier alpha value is -2.52. The highest BCUT2D eigenvalue weighted by Crippen LogP contribution is 2.40. The molecule has 4 atom stereocenters. The summed E-state index contributed by atoms with van der Waals surface area (Å²) in [5.41, 5.74) is 2.03. The van der Waals surface area contributed by atoms with Gasteiger partial charge in [0.05, 0.1) is 16.9 Å². The number of hydrogen-bond donors (Lipinski definition) is 2. The molecule has 152 valence electrons. The number of halogens is 1. The Bertz CT molecular complexity index is 1050. The molecule has 4 unspecified atom stereocenters. The summed E-state index contributed by atoms with van der Waals surface area (Å²) >= 11 is 1.28. The van der Waals surface area contributed by atoms with Gasteiger partial charge in [0, 0.05) is 36.7 Å². The number of fused-ring (bicyclic) bond motifs is 2. The Morgan fingerprint density at radius 1 is 1.31 bits per heavy atom. The van der Waals surface area contributed by atoms with Crippen LogP contribution in [0.5, 0.6) is 10.9 Å². The number of ether oxygens (including phenoxy) is 1. The van der Waals surface area contributed by atoms with E-state index in [0.717, 1.165) is 17.8 Å². The molecule has 0 radical (unpaired) electrons. The minimum atomic E-state index is -0.826. The number of hydrogen-bond acceptors (Lipinski definition) is 7. The van der Waals surface area contributed by atoms with Crippen LogP contribution in [0, 0.1) is 6.92 Å². The lowest BCUT2D eigenvalue weighted by atomic mass is 9.91. The van der Waals surface area contributed by atoms with Crippen molar-refractivity contribution in [3.05, 3.63) is 36.2 Å². The average molecular weight is 415 g/mol. The van der Waals surface area contributed by atoms with Gasteiger partial charge in [-0.2, -0.15) is 5.10 Å². The number of alkyl halides is 1. The number of nitrogens with zero attached hydrogens (tertiary/aromatic N) is 4. The second kappa shape index (κ2) is 6.77. The van der Waals surface area contributed by atoms with Crippen LogP contribution in [-0.2, 0) is 0 Å². The lowest BCUT2D eigenvalue weighted by Crippen LogP contribution is -2.50. The molecule has 7 nitrogen and oxygen atoms in total. The quantitative estimate of drug-likeness (QED) is 0.679. The molecule has 0 amide bonds. The van der Waals surface area contributed by atoms with Crippen molar-refractivity contribution >= 4 is 11.3 Å². The van der Waals surface area contributed by atoms with Crippen molar-refractivity contribution in [1.29, 1.82) is 0 Å². The fraction of sp³-hybridized carbons (Fsp3) is 0.450. The van der Waals surface area contributed by atoms with Gasteiger partial charge >= 0.3 is 0 Å². The van der Waals surface area contributed by atoms with E-state index in [9.17, 15) is 9.50 Å². The smallest absolute Gasteiger partial charge is 0.294 e. The largest absolute Gasteiger partial charge is 0.507 e. The standard InChI is InChI=1S/C20H22FN5O2S/c1-11-5-6-26(25-11)12-3-4-14(17(27)7-12)18-23-24-19(29-18)28-13-8-16-15(21)10-20(2,9-13)22-16/h3-7,13,15-16,22,27H,8-10H2,1-2H3. The first-order chi connectivity index (χ1) is 13.9. The molecule has 9 heteroatoms. The van der Waals surface area contributed by atoms with Gasteiger partial charge in [-0.3, -0.25) is 0 Å². The zero-order valence-electron chi connectivity index (χ0n) is 16.2. The number of aromatic hydroxyl groups is 1. The number of nitrogens with one attached hydrogen (secondary N) is 1. The highest BCUT2D eigenvalue weighted by atomic mass is 32.1. The minimum Gasteiger partial charge on any atom is -0.507 e. The first-order valence-electron chi connectivity index (χ1n) is 9.66. The van der Waals surface area contributed by atoms with Crippen molar-refractivity contribution in [2.75, 3.05) is 0 Å². The van der Waals surface area contributed by atoms with E-state index in [1.165, 1.54) is 11.3 Å². The fourth-order valence-corrected chi connectivity index (χ4v) is 5.18. The molecule has 2 aliphatic rings. The third-order valence-electron chi connectivity index (χ3n) is 5.68. The maximum atomic E-state index is 14.1. The summed E-state index contributed by atoms with van der Waals surface area (Å²) in [5.74, 6) is 0.103. The molecule has 0 spiro atoms. The van der Waals surface area contributed by atoms with Crippen LogP contribution in [0.1, 0.15) is 31.9 Å². The van der Waals surface area contributed by atoms with E-state index in [-0.39, 0.29) is 23.4 Å². The van der Waals surface area contributed by atoms with Crippen LogP contribution in [-0.4, -0.2) is 48.9 Å². The van der Waals surface area contributed by atoms with Crippen LogP contribution < -0.4 is 10.1 Å². The van der Waals surface area contributed by atoms with Crippen molar-refractivity contribution in [3.63, 3.8) is 0 Å². The molecular formula is C20H22FN5O2S. The van der Waals surface area contributed by atoms with Gasteiger partial charge in [0.15, 0.2) is 5.01 Å². The highest BCUT2D eigenvalue weighted by Gasteiger charge is 2.48. The first-order valence-corrected chi connectivity index (χ1v) is 10.5. The maximum absolute atomic E-state index is 14.1. The Kier molecular flexibility index (Phi) is 4.32. The van der Waals surface area contributed by atoms with Gasteiger partial charge in [-0.1, -0.05) is 16.4 Å². The van der Waals surface area contributed by atoms with Crippen molar-refractivity contribution in [1.82, 2.24) is 25.3 Å². The second-order valence-corrected chi connectivity index (χ2v) is 9.13. The topological polar surface area (TPSA) is 85.1 Å². The van der Waals surface area contributed by atoms with Gasteiger partial charge in [-0.25, -0.2) is 9.07 Å². The summed E-state index contributed by atoms with van der Waals surface area (Å²) in [6.45, 7) is 3.96. The summed E-state index contributed by atoms with van der Waals surface area (Å²) in [5, 5.41) is 27.5. The van der Waals surface area contributed by atoms with E-state index >= 15 is 0 Å². The molecule has 5 rings (SSSR count). The summed E-state index contributed by atoms with van der Waals surface area (Å²) < 4.78 is 21.8. The predicted molar refractivity (Wildman–Crippen MR) is 107 cm³/mol. The van der Waals surface area contributed by atoms with Gasteiger partial charge in [-0.05, 0) is 38.5 Å². The number of phenols is 1. The summed E-state index contributed by atoms with van der Waals surface area (Å²) in [4.78, 5) is 0. The first kappa shape index (κ1) is 18.5. The monoisotopic (exact) mass is 415 g/mol. The summed E-state index contributed by atoms with van der Waals surface area (Å²) in [6.07, 6.45) is 2.81. The third kappa shape index (κ3) is 3.49. The molecule has 0 aliphatic carbocycles. The van der Waals surface area contributed by atoms with E-state index in [4.69, 9.17) is 4.74 Å². The van der Waals surface area contributed by atoms with Gasteiger partial charge in [0.25, 0.3) is 5.19 Å². The van der Waals surface area contributed by atoms with Crippen LogP contribution in [0.4, 0.5) is 4.39 Å². The highest BCUT2D eigenvalue weighted by molar-refractivity contribution is 7.16. The number of aromatic nitrogens is 4. The molecule has 0 saturated carbocycles. The number of phenolic OH excluding ortho intramolecular Hbond substituents is 1. The number of rotatable bonds is 4. The normalized spacial score (nSPS) is 28.6. The molecule has 2 saturated heterocycles. The molecule has 2 fully saturated rings. The van der Waals surface area contributed by atoms with E-state index in [2.05, 4.69) is 20.6 Å². The molecule has 2 N–H and O–H groups in total. The average Bonchev–Trinajstić information content (AvgIpc) is 3.34. The van der Waals surface area contributed by atoms with Gasteiger partial charge in [0.1, 0.15) is 18.0 Å². The summed E-state index contributed by atoms with van der Waals surface area (Å²) in [6, 6.07) is 7.06. The zero-order valence-corrected chi connectivity index (χ0v) is 17.0. The van der Waals surface area contributed by atoms with Crippen LogP contribution in [0.2, 0.25) is 0 Å². The van der Waals surface area contributed by atoms with E-state index in [1.54, 1.807) is 16.8 Å². The molecule has 4 heterocycles. The lowest BCUT2D eigenvalue weighted by Gasteiger charge is -2.35. The molecule has 1 aromatic carbocycles. The van der Waals surface area contributed by atoms with E-state index in [0.29, 0.717) is 28.6 Å². The fourth-order valence-electron chi connectivity index (χ4n) is 4.39. The molecule has 2 aromatic heterocycles. The van der Waals surface area contributed by atoms with Crippen molar-refractivity contribution in [2.24, 2.45) is 0 Å². The van der Waals surface area contributed by atoms with E-state index in [1.807, 2.05) is 32.2 Å². The Balaban J connectivity index is 1.33. The zero-order chi connectivity index (χ0) is 20.2. The Labute approximate surface area is 171 Å². The Morgan fingerprint density at radius 2 is 2.17 bits per heavy atom.